The fourth-order valence-corrected chi connectivity index (χ4v) is 2.34. The molecule has 0 saturated carbocycles. The van der Waals surface area contributed by atoms with E-state index in [1.165, 1.54) is 12.8 Å². The van der Waals surface area contributed by atoms with Crippen LogP contribution in [0.5, 0.6) is 0 Å². The van der Waals surface area contributed by atoms with Crippen molar-refractivity contribution in [2.45, 2.75) is 39.3 Å². The molecule has 1 aromatic rings. The van der Waals surface area contributed by atoms with E-state index >= 15 is 0 Å². The van der Waals surface area contributed by atoms with Gasteiger partial charge in [-0.1, -0.05) is 13.3 Å². The van der Waals surface area contributed by atoms with E-state index in [2.05, 4.69) is 11.9 Å². The van der Waals surface area contributed by atoms with Gasteiger partial charge in [-0.15, -0.1) is 0 Å². The smallest absolute Gasteiger partial charge is 0.224 e. The van der Waals surface area contributed by atoms with E-state index in [9.17, 15) is 4.79 Å². The minimum absolute atomic E-state index is 0.279. The predicted octanol–water partition coefficient (Wildman–Crippen LogP) is 1.88. The standard InChI is InChI=1S/C12H19N3O/c1-2-3-11-4-5-12(16)15(8-11)10-14-7-6-13-9-14/h6-7,9,11H,2-5,8,10H2,1H3. The SMILES string of the molecule is CCCC1CCC(=O)N(Cn2ccnc2)C1. The first kappa shape index (κ1) is 11.2. The highest BCUT2D eigenvalue weighted by molar-refractivity contribution is 5.76. The minimum atomic E-state index is 0.279. The van der Waals surface area contributed by atoms with Gasteiger partial charge in [-0.25, -0.2) is 4.98 Å². The van der Waals surface area contributed by atoms with E-state index in [0.717, 1.165) is 13.0 Å². The third-order valence-corrected chi connectivity index (χ3v) is 3.19. The molecule has 88 valence electrons. The van der Waals surface area contributed by atoms with Crippen LogP contribution in [0, 0.1) is 5.92 Å². The lowest BCUT2D eigenvalue weighted by Gasteiger charge is -2.32. The van der Waals surface area contributed by atoms with Crippen LogP contribution < -0.4 is 0 Å². The van der Waals surface area contributed by atoms with E-state index in [0.29, 0.717) is 19.0 Å². The van der Waals surface area contributed by atoms with E-state index in [-0.39, 0.29) is 5.91 Å². The summed E-state index contributed by atoms with van der Waals surface area (Å²) in [5, 5.41) is 0. The van der Waals surface area contributed by atoms with Crippen LogP contribution in [0.15, 0.2) is 18.7 Å². The van der Waals surface area contributed by atoms with Crippen LogP contribution in [0.3, 0.4) is 0 Å². The molecule has 0 N–H and O–H groups in total. The van der Waals surface area contributed by atoms with Crippen LogP contribution in [0.4, 0.5) is 0 Å². The Labute approximate surface area is 96.3 Å². The summed E-state index contributed by atoms with van der Waals surface area (Å²) in [4.78, 5) is 17.7. The Kier molecular flexibility index (Phi) is 3.59. The number of carbonyl (C=O) groups excluding carboxylic acids is 1. The van der Waals surface area contributed by atoms with E-state index in [1.807, 2.05) is 15.7 Å². The van der Waals surface area contributed by atoms with Crippen molar-refractivity contribution in [2.75, 3.05) is 6.54 Å². The number of hydrogen-bond acceptors (Lipinski definition) is 2. The highest BCUT2D eigenvalue weighted by Gasteiger charge is 2.24. The summed E-state index contributed by atoms with van der Waals surface area (Å²) >= 11 is 0. The van der Waals surface area contributed by atoms with Gasteiger partial charge in [0.15, 0.2) is 0 Å². The largest absolute Gasteiger partial charge is 0.324 e. The molecule has 1 aliphatic heterocycles. The highest BCUT2D eigenvalue weighted by Crippen LogP contribution is 2.22. The first-order valence-electron chi connectivity index (χ1n) is 6.03. The number of carbonyl (C=O) groups is 1. The summed E-state index contributed by atoms with van der Waals surface area (Å²) in [5.41, 5.74) is 0. The van der Waals surface area contributed by atoms with Gasteiger partial charge in [0.25, 0.3) is 0 Å². The molecule has 0 bridgehead atoms. The summed E-state index contributed by atoms with van der Waals surface area (Å²) in [7, 11) is 0. The summed E-state index contributed by atoms with van der Waals surface area (Å²) in [6.07, 6.45) is 9.61. The quantitative estimate of drug-likeness (QED) is 0.778. The minimum Gasteiger partial charge on any atom is -0.324 e. The molecule has 0 radical (unpaired) electrons. The van der Waals surface area contributed by atoms with Crippen molar-refractivity contribution < 1.29 is 4.79 Å². The maximum Gasteiger partial charge on any atom is 0.224 e. The Hall–Kier alpha value is -1.32. The molecule has 1 fully saturated rings. The average Bonchev–Trinajstić information content (AvgIpc) is 2.76. The zero-order valence-corrected chi connectivity index (χ0v) is 9.80. The monoisotopic (exact) mass is 221 g/mol. The molecule has 0 spiro atoms. The summed E-state index contributed by atoms with van der Waals surface area (Å²) in [6, 6.07) is 0. The van der Waals surface area contributed by atoms with Gasteiger partial charge in [0.05, 0.1) is 13.0 Å². The van der Waals surface area contributed by atoms with Gasteiger partial charge in [-0.05, 0) is 18.8 Å². The Bertz CT molecular complexity index is 334. The molecule has 2 heterocycles. The van der Waals surface area contributed by atoms with Gasteiger partial charge in [0, 0.05) is 25.4 Å². The molecule has 0 aromatic carbocycles. The van der Waals surface area contributed by atoms with Crippen molar-refractivity contribution in [3.05, 3.63) is 18.7 Å². The summed E-state index contributed by atoms with van der Waals surface area (Å²) in [5.74, 6) is 0.965. The van der Waals surface area contributed by atoms with Crippen LogP contribution in [0.25, 0.3) is 0 Å². The maximum atomic E-state index is 11.8. The number of aromatic nitrogens is 2. The second-order valence-electron chi connectivity index (χ2n) is 4.53. The predicted molar refractivity (Wildman–Crippen MR) is 61.6 cm³/mol. The van der Waals surface area contributed by atoms with Crippen LogP contribution in [0.2, 0.25) is 0 Å². The van der Waals surface area contributed by atoms with Crippen LogP contribution in [-0.2, 0) is 11.5 Å². The average molecular weight is 221 g/mol. The number of likely N-dealkylation sites (tertiary alicyclic amines) is 1. The lowest BCUT2D eigenvalue weighted by Crippen LogP contribution is -2.40. The molecule has 16 heavy (non-hydrogen) atoms. The lowest BCUT2D eigenvalue weighted by molar-refractivity contribution is -0.136. The van der Waals surface area contributed by atoms with Gasteiger partial charge < -0.3 is 9.47 Å². The lowest BCUT2D eigenvalue weighted by atomic mass is 9.93. The normalized spacial score (nSPS) is 21.4. The van der Waals surface area contributed by atoms with Gasteiger partial charge in [-0.3, -0.25) is 4.79 Å². The molecule has 1 amide bonds. The second kappa shape index (κ2) is 5.14. The third-order valence-electron chi connectivity index (χ3n) is 3.19. The van der Waals surface area contributed by atoms with Crippen molar-refractivity contribution in [3.8, 4) is 0 Å². The number of imidazole rings is 1. The molecule has 2 rings (SSSR count). The highest BCUT2D eigenvalue weighted by atomic mass is 16.2. The number of nitrogens with zero attached hydrogens (tertiary/aromatic N) is 3. The Morgan fingerprint density at radius 2 is 2.44 bits per heavy atom. The number of piperidine rings is 1. The molecule has 1 atom stereocenters. The third kappa shape index (κ3) is 2.62. The fraction of sp³-hybridized carbons (Fsp3) is 0.667. The van der Waals surface area contributed by atoms with Crippen LogP contribution in [-0.4, -0.2) is 26.9 Å². The molecule has 1 aliphatic rings. The zero-order valence-electron chi connectivity index (χ0n) is 9.80. The molecule has 4 nitrogen and oxygen atoms in total. The van der Waals surface area contributed by atoms with Crippen molar-refractivity contribution >= 4 is 5.91 Å². The number of amides is 1. The van der Waals surface area contributed by atoms with Crippen molar-refractivity contribution in [1.82, 2.24) is 14.5 Å². The van der Waals surface area contributed by atoms with Crippen molar-refractivity contribution in [2.24, 2.45) is 5.92 Å². The van der Waals surface area contributed by atoms with Gasteiger partial charge >= 0.3 is 0 Å². The Morgan fingerprint density at radius 3 is 3.12 bits per heavy atom. The number of hydrogen-bond donors (Lipinski definition) is 0. The van der Waals surface area contributed by atoms with E-state index in [1.54, 1.807) is 12.5 Å². The second-order valence-corrected chi connectivity index (χ2v) is 4.53. The van der Waals surface area contributed by atoms with E-state index in [4.69, 9.17) is 0 Å². The van der Waals surface area contributed by atoms with Crippen molar-refractivity contribution in [3.63, 3.8) is 0 Å². The topological polar surface area (TPSA) is 38.1 Å². The van der Waals surface area contributed by atoms with Gasteiger partial charge in [0.1, 0.15) is 0 Å². The molecule has 1 unspecified atom stereocenters. The fourth-order valence-electron chi connectivity index (χ4n) is 2.34. The zero-order chi connectivity index (χ0) is 11.4. The first-order valence-corrected chi connectivity index (χ1v) is 6.03. The molecule has 0 aliphatic carbocycles. The molecular formula is C12H19N3O. The summed E-state index contributed by atoms with van der Waals surface area (Å²) < 4.78 is 1.95. The molecular weight excluding hydrogens is 202 g/mol. The summed E-state index contributed by atoms with van der Waals surface area (Å²) in [6.45, 7) is 3.76. The molecule has 1 aromatic heterocycles. The van der Waals surface area contributed by atoms with Crippen molar-refractivity contribution in [1.29, 1.82) is 0 Å². The molecule has 4 heteroatoms. The molecule has 1 saturated heterocycles. The maximum absolute atomic E-state index is 11.8. The van der Waals surface area contributed by atoms with Gasteiger partial charge in [0.2, 0.25) is 5.91 Å². The Balaban J connectivity index is 1.93. The van der Waals surface area contributed by atoms with Crippen LogP contribution in [0.1, 0.15) is 32.6 Å². The first-order chi connectivity index (χ1) is 7.79. The van der Waals surface area contributed by atoms with Gasteiger partial charge in [-0.2, -0.15) is 0 Å². The Morgan fingerprint density at radius 1 is 1.56 bits per heavy atom. The van der Waals surface area contributed by atoms with E-state index < -0.39 is 0 Å². The number of rotatable bonds is 4. The van der Waals surface area contributed by atoms with Crippen LogP contribution >= 0.6 is 0 Å².